The summed E-state index contributed by atoms with van der Waals surface area (Å²) in [5.41, 5.74) is -1.68. The number of rotatable bonds is 2. The minimum atomic E-state index is -1.08. The molecule has 1 amide bonds. The Labute approximate surface area is 120 Å². The number of carbonyl (C=O) groups is 2. The highest BCUT2D eigenvalue weighted by Crippen LogP contribution is 2.50. The first-order valence-electron chi connectivity index (χ1n) is 7.46. The lowest BCUT2D eigenvalue weighted by Gasteiger charge is -2.38. The van der Waals surface area contributed by atoms with Crippen LogP contribution in [0.4, 0.5) is 4.79 Å². The van der Waals surface area contributed by atoms with E-state index in [9.17, 15) is 14.7 Å². The Bertz CT molecular complexity index is 415. The van der Waals surface area contributed by atoms with Crippen molar-refractivity contribution >= 4 is 12.1 Å². The molecule has 1 saturated heterocycles. The van der Waals surface area contributed by atoms with Crippen molar-refractivity contribution in [3.05, 3.63) is 0 Å². The van der Waals surface area contributed by atoms with Crippen molar-refractivity contribution in [1.29, 1.82) is 0 Å². The zero-order chi connectivity index (χ0) is 15.1. The Morgan fingerprint density at radius 1 is 1.35 bits per heavy atom. The van der Waals surface area contributed by atoms with E-state index in [4.69, 9.17) is 4.74 Å². The van der Waals surface area contributed by atoms with Gasteiger partial charge in [0, 0.05) is 6.54 Å². The maximum absolute atomic E-state index is 12.4. The molecule has 1 heterocycles. The molecule has 0 aromatic rings. The first kappa shape index (κ1) is 15.1. The van der Waals surface area contributed by atoms with Gasteiger partial charge >= 0.3 is 12.1 Å². The Morgan fingerprint density at radius 3 is 2.50 bits per heavy atom. The lowest BCUT2D eigenvalue weighted by atomic mass is 9.79. The molecule has 3 unspecified atom stereocenters. The molecule has 0 spiro atoms. The van der Waals surface area contributed by atoms with Gasteiger partial charge in [0.25, 0.3) is 0 Å². The van der Waals surface area contributed by atoms with Crippen molar-refractivity contribution in [3.8, 4) is 0 Å². The molecule has 20 heavy (non-hydrogen) atoms. The molecule has 1 N–H and O–H groups in total. The third-order valence-electron chi connectivity index (χ3n) is 4.69. The maximum Gasteiger partial charge on any atom is 0.411 e. The predicted molar refractivity (Wildman–Crippen MR) is 74.4 cm³/mol. The molecule has 5 heteroatoms. The van der Waals surface area contributed by atoms with Crippen molar-refractivity contribution in [3.63, 3.8) is 0 Å². The minimum absolute atomic E-state index is 0.0671. The molecule has 5 nitrogen and oxygen atoms in total. The van der Waals surface area contributed by atoms with E-state index in [1.165, 1.54) is 4.90 Å². The molecule has 2 fully saturated rings. The molecular weight excluding hydrogens is 258 g/mol. The van der Waals surface area contributed by atoms with E-state index < -0.39 is 23.2 Å². The zero-order valence-corrected chi connectivity index (χ0v) is 12.8. The number of carbonyl (C=O) groups excluding carboxylic acids is 1. The monoisotopic (exact) mass is 283 g/mol. The quantitative estimate of drug-likeness (QED) is 0.846. The lowest BCUT2D eigenvalue weighted by Crippen LogP contribution is -2.57. The summed E-state index contributed by atoms with van der Waals surface area (Å²) in [6.07, 6.45) is 2.91. The first-order chi connectivity index (χ1) is 9.22. The van der Waals surface area contributed by atoms with E-state index in [2.05, 4.69) is 0 Å². The van der Waals surface area contributed by atoms with Crippen LogP contribution in [0.2, 0.25) is 0 Å². The summed E-state index contributed by atoms with van der Waals surface area (Å²) in [6.45, 7) is 7.77. The lowest BCUT2D eigenvalue weighted by molar-refractivity contribution is -0.152. The Kier molecular flexibility index (Phi) is 3.73. The van der Waals surface area contributed by atoms with Crippen LogP contribution in [-0.4, -0.2) is 39.8 Å². The van der Waals surface area contributed by atoms with Crippen LogP contribution in [0.1, 0.15) is 53.4 Å². The summed E-state index contributed by atoms with van der Waals surface area (Å²) in [4.78, 5) is 25.8. The fourth-order valence-electron chi connectivity index (χ4n) is 3.91. The molecule has 1 saturated carbocycles. The van der Waals surface area contributed by atoms with E-state index >= 15 is 0 Å². The van der Waals surface area contributed by atoms with Gasteiger partial charge in [0.2, 0.25) is 0 Å². The fourth-order valence-corrected chi connectivity index (χ4v) is 3.91. The molecule has 2 rings (SSSR count). The van der Waals surface area contributed by atoms with Gasteiger partial charge < -0.3 is 9.84 Å². The average Bonchev–Trinajstić information content (AvgIpc) is 2.84. The van der Waals surface area contributed by atoms with Crippen molar-refractivity contribution in [2.45, 2.75) is 64.5 Å². The van der Waals surface area contributed by atoms with Gasteiger partial charge in [0.05, 0.1) is 0 Å². The second-order valence-electron chi connectivity index (χ2n) is 6.97. The van der Waals surface area contributed by atoms with Crippen molar-refractivity contribution in [2.24, 2.45) is 11.8 Å². The number of hydrogen-bond donors (Lipinski definition) is 1. The standard InChI is InChI=1S/C15H25NO4/c1-5-15(12(17)18)11-8-6-7-10(11)9-16(15)13(19)20-14(2,3)4/h10-11H,5-9H2,1-4H3,(H,17,18). The molecule has 0 aromatic carbocycles. The van der Waals surface area contributed by atoms with Crippen molar-refractivity contribution in [1.82, 2.24) is 4.90 Å². The molecule has 114 valence electrons. The van der Waals surface area contributed by atoms with Crippen molar-refractivity contribution in [2.75, 3.05) is 6.54 Å². The molecule has 2 aliphatic rings. The van der Waals surface area contributed by atoms with Crippen LogP contribution >= 0.6 is 0 Å². The van der Waals surface area contributed by atoms with E-state index in [1.807, 2.05) is 6.92 Å². The molecule has 1 aliphatic carbocycles. The molecule has 1 aliphatic heterocycles. The summed E-state index contributed by atoms with van der Waals surface area (Å²) in [5.74, 6) is -0.517. The SMILES string of the molecule is CCC1(C(=O)O)C2CCCC2CN1C(=O)OC(C)(C)C. The number of hydrogen-bond acceptors (Lipinski definition) is 3. The number of amides is 1. The van der Waals surface area contributed by atoms with Gasteiger partial charge in [-0.1, -0.05) is 13.3 Å². The zero-order valence-electron chi connectivity index (χ0n) is 12.8. The largest absolute Gasteiger partial charge is 0.479 e. The smallest absolute Gasteiger partial charge is 0.411 e. The van der Waals surface area contributed by atoms with Crippen LogP contribution in [0.5, 0.6) is 0 Å². The summed E-state index contributed by atoms with van der Waals surface area (Å²) in [7, 11) is 0. The normalized spacial score (nSPS) is 33.1. The van der Waals surface area contributed by atoms with E-state index in [0.717, 1.165) is 19.3 Å². The Balaban J connectivity index is 2.31. The number of likely N-dealkylation sites (tertiary alicyclic amines) is 1. The maximum atomic E-state index is 12.4. The summed E-state index contributed by atoms with van der Waals surface area (Å²) in [5, 5.41) is 9.78. The van der Waals surface area contributed by atoms with E-state index in [0.29, 0.717) is 18.9 Å². The topological polar surface area (TPSA) is 66.8 Å². The van der Waals surface area contributed by atoms with Gasteiger partial charge in [-0.2, -0.15) is 0 Å². The van der Waals surface area contributed by atoms with Crippen LogP contribution in [0, 0.1) is 11.8 Å². The van der Waals surface area contributed by atoms with Crippen LogP contribution in [-0.2, 0) is 9.53 Å². The highest BCUT2D eigenvalue weighted by Gasteiger charge is 2.61. The number of aliphatic carboxylic acids is 1. The number of fused-ring (bicyclic) bond motifs is 1. The first-order valence-corrected chi connectivity index (χ1v) is 7.46. The van der Waals surface area contributed by atoms with Crippen molar-refractivity contribution < 1.29 is 19.4 Å². The summed E-state index contributed by atoms with van der Waals surface area (Å²) < 4.78 is 5.42. The molecule has 0 aromatic heterocycles. The van der Waals surface area contributed by atoms with E-state index in [1.54, 1.807) is 20.8 Å². The third-order valence-corrected chi connectivity index (χ3v) is 4.69. The molecular formula is C15H25NO4. The number of carboxylic acid groups (broad SMARTS) is 1. The van der Waals surface area contributed by atoms with E-state index in [-0.39, 0.29) is 5.92 Å². The van der Waals surface area contributed by atoms with Gasteiger partial charge in [0.15, 0.2) is 0 Å². The molecule has 0 radical (unpaired) electrons. The second-order valence-corrected chi connectivity index (χ2v) is 6.97. The number of nitrogens with zero attached hydrogens (tertiary/aromatic N) is 1. The van der Waals surface area contributed by atoms with Gasteiger partial charge in [-0.15, -0.1) is 0 Å². The average molecular weight is 283 g/mol. The van der Waals surface area contributed by atoms with Gasteiger partial charge in [-0.05, 0) is 51.9 Å². The minimum Gasteiger partial charge on any atom is -0.479 e. The Morgan fingerprint density at radius 2 is 2.00 bits per heavy atom. The van der Waals surface area contributed by atoms with Gasteiger partial charge in [-0.3, -0.25) is 4.90 Å². The van der Waals surface area contributed by atoms with Crippen LogP contribution in [0.3, 0.4) is 0 Å². The number of carboxylic acids is 1. The van der Waals surface area contributed by atoms with Gasteiger partial charge in [0.1, 0.15) is 11.1 Å². The highest BCUT2D eigenvalue weighted by molar-refractivity contribution is 5.86. The summed E-state index contributed by atoms with van der Waals surface area (Å²) >= 11 is 0. The van der Waals surface area contributed by atoms with Crippen LogP contribution < -0.4 is 0 Å². The Hall–Kier alpha value is -1.26. The summed E-state index contributed by atoms with van der Waals surface area (Å²) in [6, 6.07) is 0. The fraction of sp³-hybridized carbons (Fsp3) is 0.867. The van der Waals surface area contributed by atoms with Crippen LogP contribution in [0.25, 0.3) is 0 Å². The predicted octanol–water partition coefficient (Wildman–Crippen LogP) is 2.89. The van der Waals surface area contributed by atoms with Gasteiger partial charge in [-0.25, -0.2) is 9.59 Å². The second kappa shape index (κ2) is 4.93. The number of ether oxygens (including phenoxy) is 1. The highest BCUT2D eigenvalue weighted by atomic mass is 16.6. The molecule has 0 bridgehead atoms. The molecule has 3 atom stereocenters. The third kappa shape index (κ3) is 2.27. The van der Waals surface area contributed by atoms with Crippen LogP contribution in [0.15, 0.2) is 0 Å².